The first-order valence-corrected chi connectivity index (χ1v) is 27.7. The summed E-state index contributed by atoms with van der Waals surface area (Å²) >= 11 is 0. The molecular formula is C51H94N2O23. The van der Waals surface area contributed by atoms with Crippen molar-refractivity contribution >= 4 is 11.8 Å². The first-order valence-electron chi connectivity index (χ1n) is 27.7. The highest BCUT2D eigenvalue weighted by Crippen LogP contribution is 2.33. The Morgan fingerprint density at radius 1 is 0.447 bits per heavy atom. The lowest BCUT2D eigenvalue weighted by atomic mass is 9.88. The number of hydrogen-bond donors (Lipinski definition) is 15. The minimum atomic E-state index is -1.96. The molecule has 4 rings (SSSR count). The van der Waals surface area contributed by atoms with Crippen LogP contribution in [0.25, 0.3) is 0 Å². The number of aliphatic hydroxyl groups excluding tert-OH is 13. The van der Waals surface area contributed by atoms with Crippen molar-refractivity contribution < 1.29 is 114 Å². The van der Waals surface area contributed by atoms with Crippen LogP contribution in [0.3, 0.4) is 0 Å². The van der Waals surface area contributed by atoms with Gasteiger partial charge in [0.2, 0.25) is 11.8 Å². The molecular weight excluding hydrogens is 1010 g/mol. The lowest BCUT2D eigenvalue weighted by Crippen LogP contribution is -2.65. The summed E-state index contributed by atoms with van der Waals surface area (Å²) in [6.07, 6.45) is -15.3. The van der Waals surface area contributed by atoms with Gasteiger partial charge >= 0.3 is 0 Å². The Morgan fingerprint density at radius 2 is 0.829 bits per heavy atom. The molecule has 19 atom stereocenters. The smallest absolute Gasteiger partial charge is 0.220 e. The van der Waals surface area contributed by atoms with Gasteiger partial charge in [0.25, 0.3) is 0 Å². The number of aliphatic hydroxyl groups is 13. The molecule has 0 aliphatic carbocycles. The predicted molar refractivity (Wildman–Crippen MR) is 266 cm³/mol. The number of ether oxygens (including phenoxy) is 8. The molecule has 2 amide bonds. The second kappa shape index (κ2) is 35.1. The van der Waals surface area contributed by atoms with Crippen molar-refractivity contribution in [2.75, 3.05) is 52.7 Å². The quantitative estimate of drug-likeness (QED) is 0.0290. The average Bonchev–Trinajstić information content (AvgIpc) is 3.41. The van der Waals surface area contributed by atoms with Gasteiger partial charge in [0.05, 0.1) is 51.2 Å². The normalized spacial score (nSPS) is 35.3. The van der Waals surface area contributed by atoms with Gasteiger partial charge < -0.3 is 115 Å². The zero-order valence-electron chi connectivity index (χ0n) is 44.5. The average molecular weight is 1100 g/mol. The van der Waals surface area contributed by atoms with Crippen LogP contribution in [0.2, 0.25) is 0 Å². The van der Waals surface area contributed by atoms with E-state index >= 15 is 0 Å². The van der Waals surface area contributed by atoms with Crippen LogP contribution in [0.4, 0.5) is 0 Å². The van der Waals surface area contributed by atoms with Gasteiger partial charge in [-0.15, -0.1) is 0 Å². The summed E-state index contributed by atoms with van der Waals surface area (Å²) in [5.74, 6) is -0.705. The van der Waals surface area contributed by atoms with Crippen LogP contribution in [0.15, 0.2) is 0 Å². The molecule has 76 heavy (non-hydrogen) atoms. The molecule has 4 fully saturated rings. The van der Waals surface area contributed by atoms with Gasteiger partial charge in [-0.2, -0.15) is 0 Å². The lowest BCUT2D eigenvalue weighted by molar-refractivity contribution is -0.362. The van der Waals surface area contributed by atoms with Crippen LogP contribution in [0, 0.1) is 5.41 Å². The third-order valence-corrected chi connectivity index (χ3v) is 14.7. The molecule has 25 nitrogen and oxygen atoms in total. The minimum absolute atomic E-state index is 0.151. The summed E-state index contributed by atoms with van der Waals surface area (Å²) in [6.45, 7) is -0.473. The van der Waals surface area contributed by atoms with Crippen LogP contribution >= 0.6 is 0 Å². The molecule has 446 valence electrons. The number of carbonyl (C=O) groups is 2. The van der Waals surface area contributed by atoms with Crippen molar-refractivity contribution in [3.63, 3.8) is 0 Å². The van der Waals surface area contributed by atoms with Crippen LogP contribution in [-0.4, -0.2) is 248 Å². The van der Waals surface area contributed by atoms with E-state index in [9.17, 15) is 76.0 Å². The Balaban J connectivity index is 1.57. The number of nitrogens with one attached hydrogen (secondary N) is 2. The summed E-state index contributed by atoms with van der Waals surface area (Å²) in [5.41, 5.74) is -1.54. The highest BCUT2D eigenvalue weighted by atomic mass is 16.8. The molecule has 4 heterocycles. The van der Waals surface area contributed by atoms with Gasteiger partial charge in [-0.1, -0.05) is 104 Å². The van der Waals surface area contributed by atoms with E-state index in [2.05, 4.69) is 24.5 Å². The summed E-state index contributed by atoms with van der Waals surface area (Å²) in [5, 5.41) is 144. The first-order chi connectivity index (χ1) is 36.5. The van der Waals surface area contributed by atoms with Crippen LogP contribution < -0.4 is 10.6 Å². The van der Waals surface area contributed by atoms with E-state index in [1.165, 1.54) is 0 Å². The lowest BCUT2D eigenvalue weighted by Gasteiger charge is -2.47. The Hall–Kier alpha value is -1.90. The molecule has 0 aromatic heterocycles. The summed E-state index contributed by atoms with van der Waals surface area (Å²) in [4.78, 5) is 27.1. The van der Waals surface area contributed by atoms with E-state index < -0.39 is 162 Å². The monoisotopic (exact) mass is 1100 g/mol. The molecule has 0 bridgehead atoms. The third-order valence-electron chi connectivity index (χ3n) is 14.7. The molecule has 4 aliphatic heterocycles. The van der Waals surface area contributed by atoms with Crippen molar-refractivity contribution in [3.8, 4) is 0 Å². The SMILES string of the molecule is CCCCCCCCCCC(=O)NCC(CNC(=O)CCCCCCCCCC)(COC1OC(CO)[C@H](OC2OC(CO)[C@H](O)C(O)[C@H]2O)C(O)[C@H]1O)CO[C@H]1OC(CO)[C@H](O[C@H]2CC(O)[C@@H](O)C(CO)O2)C(O)C1O. The standard InChI is InChI=1S/C51H94N2O23/c1-3-5-7-9-11-13-15-17-19-35(59)52-26-51(27-53-36(60)20-18-16-14-12-10-8-6-4-2,28-69-48-44(67)41(64)46(33(24-56)73-48)75-37-21-30(58)38(61)31(22-54)71-37)29-70-49-45(68)42(65)47(34(25-57)74-49)76-50-43(66)40(63)39(62)32(23-55)72-50/h30-34,37-50,54-58,61-68H,3-29H2,1-2H3,(H,52,59)(H,53,60)/t30?,31?,32?,33?,34?,37-,38+,39-,40?,41?,42?,43+,44?,45+,46-,47-,48-,49?,50?/m0/s1. The first kappa shape index (κ1) is 66.6. The molecule has 0 spiro atoms. The number of rotatable bonds is 36. The number of hydrogen-bond acceptors (Lipinski definition) is 23. The fraction of sp³-hybridized carbons (Fsp3) is 0.961. The second-order valence-electron chi connectivity index (χ2n) is 21.0. The fourth-order valence-corrected chi connectivity index (χ4v) is 9.79. The van der Waals surface area contributed by atoms with E-state index in [0.29, 0.717) is 12.8 Å². The fourth-order valence-electron chi connectivity index (χ4n) is 9.79. The molecule has 11 unspecified atom stereocenters. The minimum Gasteiger partial charge on any atom is -0.394 e. The largest absolute Gasteiger partial charge is 0.394 e. The highest BCUT2D eigenvalue weighted by Gasteiger charge is 2.53. The van der Waals surface area contributed by atoms with Crippen molar-refractivity contribution in [2.24, 2.45) is 5.41 Å². The Bertz CT molecular complexity index is 1550. The molecule has 15 N–H and O–H groups in total. The Kier molecular flexibility index (Phi) is 30.7. The van der Waals surface area contributed by atoms with Gasteiger partial charge in [-0.3, -0.25) is 9.59 Å². The molecule has 4 aliphatic rings. The molecule has 25 heteroatoms. The van der Waals surface area contributed by atoms with Crippen molar-refractivity contribution in [1.29, 1.82) is 0 Å². The second-order valence-corrected chi connectivity index (χ2v) is 21.0. The summed E-state index contributed by atoms with van der Waals surface area (Å²) in [6, 6.07) is 0. The van der Waals surface area contributed by atoms with Crippen LogP contribution in [0.5, 0.6) is 0 Å². The molecule has 0 aromatic carbocycles. The molecule has 0 saturated carbocycles. The van der Waals surface area contributed by atoms with Gasteiger partial charge in [0, 0.05) is 32.4 Å². The number of unbranched alkanes of at least 4 members (excludes halogenated alkanes) is 14. The van der Waals surface area contributed by atoms with E-state index in [0.717, 1.165) is 89.9 Å². The van der Waals surface area contributed by atoms with Crippen LogP contribution in [0.1, 0.15) is 136 Å². The number of amides is 2. The third kappa shape index (κ3) is 20.3. The van der Waals surface area contributed by atoms with E-state index in [1.54, 1.807) is 0 Å². The maximum atomic E-state index is 13.5. The molecule has 0 radical (unpaired) electrons. The van der Waals surface area contributed by atoms with Gasteiger partial charge in [0.15, 0.2) is 25.2 Å². The zero-order chi connectivity index (χ0) is 55.8. The summed E-state index contributed by atoms with van der Waals surface area (Å²) < 4.78 is 46.7. The van der Waals surface area contributed by atoms with Gasteiger partial charge in [-0.25, -0.2) is 0 Å². The number of carbonyl (C=O) groups excluding carboxylic acids is 2. The molecule has 0 aromatic rings. The van der Waals surface area contributed by atoms with Gasteiger partial charge in [-0.05, 0) is 12.8 Å². The van der Waals surface area contributed by atoms with E-state index in [-0.39, 0.29) is 44.2 Å². The predicted octanol–water partition coefficient (Wildman–Crippen LogP) is -2.42. The van der Waals surface area contributed by atoms with Gasteiger partial charge in [0.1, 0.15) is 85.5 Å². The zero-order valence-corrected chi connectivity index (χ0v) is 44.5. The Labute approximate surface area is 446 Å². The maximum absolute atomic E-state index is 13.5. The van der Waals surface area contributed by atoms with E-state index in [4.69, 9.17) is 37.9 Å². The Morgan fingerprint density at radius 3 is 1.26 bits per heavy atom. The highest BCUT2D eigenvalue weighted by molar-refractivity contribution is 5.76. The van der Waals surface area contributed by atoms with Crippen molar-refractivity contribution in [2.45, 2.75) is 253 Å². The molecule has 4 saturated heterocycles. The van der Waals surface area contributed by atoms with E-state index in [1.807, 2.05) is 0 Å². The van der Waals surface area contributed by atoms with Crippen LogP contribution in [-0.2, 0) is 47.5 Å². The summed E-state index contributed by atoms with van der Waals surface area (Å²) in [7, 11) is 0. The van der Waals surface area contributed by atoms with Crippen molar-refractivity contribution in [3.05, 3.63) is 0 Å². The topological polar surface area (TPSA) is 395 Å². The van der Waals surface area contributed by atoms with Crippen molar-refractivity contribution in [1.82, 2.24) is 10.6 Å². The maximum Gasteiger partial charge on any atom is 0.220 e.